The highest BCUT2D eigenvalue weighted by Gasteiger charge is 2.48. The van der Waals surface area contributed by atoms with Gasteiger partial charge in [-0.25, -0.2) is 0 Å². The van der Waals surface area contributed by atoms with E-state index in [0.29, 0.717) is 0 Å². The molecule has 0 aliphatic heterocycles. The third-order valence-corrected chi connectivity index (χ3v) is 9.23. The van der Waals surface area contributed by atoms with Crippen molar-refractivity contribution in [1.82, 2.24) is 4.98 Å². The Bertz CT molecular complexity index is 885. The number of nitrogens with zero attached hydrogens (tertiary/aromatic N) is 1. The maximum atomic E-state index is 4.36. The Morgan fingerprint density at radius 2 is 1.00 bits per heavy atom. The first-order valence-electron chi connectivity index (χ1n) is 8.80. The van der Waals surface area contributed by atoms with E-state index in [9.17, 15) is 0 Å². The summed E-state index contributed by atoms with van der Waals surface area (Å²) in [6.07, 6.45) is 3.91. The van der Waals surface area contributed by atoms with Crippen LogP contribution in [0.4, 0.5) is 0 Å². The van der Waals surface area contributed by atoms with Gasteiger partial charge in [-0.3, -0.25) is 4.98 Å². The molecule has 4 aromatic rings. The van der Waals surface area contributed by atoms with E-state index in [1.165, 1.54) is 26.8 Å². The summed E-state index contributed by atoms with van der Waals surface area (Å²) in [5.74, 6) is 0. The minimum Gasteiger partial charge on any atom is -0.264 e. The van der Waals surface area contributed by atoms with E-state index in [1.807, 2.05) is 12.4 Å². The van der Waals surface area contributed by atoms with Crippen molar-refractivity contribution in [3.8, 4) is 0 Å². The van der Waals surface area contributed by atoms with Gasteiger partial charge in [-0.1, -0.05) is 54.6 Å². The van der Waals surface area contributed by atoms with E-state index in [0.717, 1.165) is 0 Å². The predicted molar refractivity (Wildman–Crippen MR) is 114 cm³/mol. The predicted octanol–water partition coefficient (Wildman–Crippen LogP) is 4.01. The van der Waals surface area contributed by atoms with Gasteiger partial charge in [0.2, 0.25) is 0 Å². The van der Waals surface area contributed by atoms with Gasteiger partial charge in [0, 0.05) is 24.0 Å². The molecule has 0 unspecified atom stereocenters. The summed E-state index contributed by atoms with van der Waals surface area (Å²) in [5.41, 5.74) is 1.23. The molecule has 0 saturated carbocycles. The molecule has 1 nitrogen and oxygen atoms in total. The van der Waals surface area contributed by atoms with E-state index < -0.39 is 7.26 Å². The first-order chi connectivity index (χ1) is 12.8. The van der Waals surface area contributed by atoms with Gasteiger partial charge in [-0.2, -0.15) is 0 Å². The van der Waals surface area contributed by atoms with Gasteiger partial charge in [0.15, 0.2) is 0 Å². The summed E-state index contributed by atoms with van der Waals surface area (Å²) < 4.78 is 0. The molecule has 126 valence electrons. The van der Waals surface area contributed by atoms with Gasteiger partial charge in [0.25, 0.3) is 0 Å². The number of hydrogen-bond acceptors (Lipinski definition) is 1. The van der Waals surface area contributed by atoms with Crippen molar-refractivity contribution >= 4 is 28.5 Å². The van der Waals surface area contributed by atoms with Crippen LogP contribution in [0.3, 0.4) is 0 Å². The Balaban J connectivity index is 2.17. The summed E-state index contributed by atoms with van der Waals surface area (Å²) in [6.45, 7) is 2.17. The van der Waals surface area contributed by atoms with Gasteiger partial charge >= 0.3 is 0 Å². The first-order valence-corrected chi connectivity index (χ1v) is 10.6. The zero-order chi connectivity index (χ0) is 17.8. The van der Waals surface area contributed by atoms with Crippen LogP contribution in [-0.4, -0.2) is 4.98 Å². The number of rotatable bonds is 4. The molecule has 0 spiro atoms. The van der Waals surface area contributed by atoms with E-state index in [2.05, 4.69) is 109 Å². The highest BCUT2D eigenvalue weighted by molar-refractivity contribution is 8.01. The molecule has 0 bridgehead atoms. The average Bonchev–Trinajstić information content (AvgIpc) is 2.72. The molecule has 2 heteroatoms. The molecular formula is C24H21NP+. The molecule has 1 aromatic heterocycles. The lowest BCUT2D eigenvalue weighted by molar-refractivity contribution is 1.29. The summed E-state index contributed by atoms with van der Waals surface area (Å²) in [6, 6.07) is 35.0. The fourth-order valence-electron chi connectivity index (χ4n) is 3.66. The Hall–Kier alpha value is -2.76. The van der Waals surface area contributed by atoms with Crippen molar-refractivity contribution in [3.63, 3.8) is 0 Å². The van der Waals surface area contributed by atoms with Crippen molar-refractivity contribution in [1.29, 1.82) is 0 Å². The first kappa shape index (κ1) is 16.7. The average molecular weight is 354 g/mol. The highest BCUT2D eigenvalue weighted by atomic mass is 31.2. The van der Waals surface area contributed by atoms with E-state index >= 15 is 0 Å². The summed E-state index contributed by atoms with van der Waals surface area (Å²) in [7, 11) is -1.98. The Morgan fingerprint density at radius 1 is 0.577 bits per heavy atom. The summed E-state index contributed by atoms with van der Waals surface area (Å²) in [4.78, 5) is 4.36. The van der Waals surface area contributed by atoms with Crippen LogP contribution in [0.1, 0.15) is 5.56 Å². The second kappa shape index (κ2) is 7.23. The zero-order valence-corrected chi connectivity index (χ0v) is 15.7. The Labute approximate surface area is 155 Å². The van der Waals surface area contributed by atoms with Gasteiger partial charge in [-0.05, 0) is 43.3 Å². The van der Waals surface area contributed by atoms with Crippen LogP contribution in [0, 0.1) is 6.92 Å². The molecule has 1 heterocycles. The molecule has 0 aliphatic carbocycles. The minimum absolute atomic E-state index is 1.23. The topological polar surface area (TPSA) is 12.9 Å². The van der Waals surface area contributed by atoms with Gasteiger partial charge in [-0.15, -0.1) is 0 Å². The van der Waals surface area contributed by atoms with Crippen LogP contribution in [0.15, 0.2) is 109 Å². The lowest BCUT2D eigenvalue weighted by Crippen LogP contribution is -2.39. The van der Waals surface area contributed by atoms with Crippen LogP contribution < -0.4 is 21.2 Å². The van der Waals surface area contributed by atoms with Crippen LogP contribution in [-0.2, 0) is 0 Å². The normalized spacial score (nSPS) is 11.3. The van der Waals surface area contributed by atoms with E-state index in [-0.39, 0.29) is 0 Å². The quantitative estimate of drug-likeness (QED) is 0.505. The fourth-order valence-corrected chi connectivity index (χ4v) is 8.13. The van der Waals surface area contributed by atoms with Crippen molar-refractivity contribution in [3.05, 3.63) is 115 Å². The van der Waals surface area contributed by atoms with Crippen LogP contribution in [0.25, 0.3) is 0 Å². The second-order valence-electron chi connectivity index (χ2n) is 6.34. The molecule has 26 heavy (non-hydrogen) atoms. The molecule has 0 saturated heterocycles. The van der Waals surface area contributed by atoms with Crippen molar-refractivity contribution in [2.45, 2.75) is 6.92 Å². The number of benzene rings is 3. The minimum atomic E-state index is -1.98. The largest absolute Gasteiger partial charge is 0.264 e. The number of hydrogen-bond donors (Lipinski definition) is 0. The monoisotopic (exact) mass is 354 g/mol. The van der Waals surface area contributed by atoms with Crippen molar-refractivity contribution < 1.29 is 0 Å². The molecule has 4 rings (SSSR count). The standard InChI is InChI=1S/C24H21NP/c1-20-19-25-18-17-24(20)26(21-11-5-2-6-12-21,22-13-7-3-8-14-22)23-15-9-4-10-16-23/h2-19H,1H3/q+1. The molecular weight excluding hydrogens is 333 g/mol. The summed E-state index contributed by atoms with van der Waals surface area (Å²) >= 11 is 0. The molecule has 0 amide bonds. The lowest BCUT2D eigenvalue weighted by atomic mass is 10.3. The van der Waals surface area contributed by atoms with Gasteiger partial charge in [0.05, 0.1) is 0 Å². The van der Waals surface area contributed by atoms with Crippen LogP contribution in [0.5, 0.6) is 0 Å². The molecule has 3 aromatic carbocycles. The van der Waals surface area contributed by atoms with Crippen LogP contribution in [0.2, 0.25) is 0 Å². The SMILES string of the molecule is Cc1cnccc1[P+](c1ccccc1)(c1ccccc1)c1ccccc1. The van der Waals surface area contributed by atoms with Crippen LogP contribution >= 0.6 is 7.26 Å². The highest BCUT2D eigenvalue weighted by Crippen LogP contribution is 2.54. The van der Waals surface area contributed by atoms with Crippen molar-refractivity contribution in [2.24, 2.45) is 0 Å². The lowest BCUT2D eigenvalue weighted by Gasteiger charge is -2.28. The molecule has 0 aliphatic rings. The maximum Gasteiger partial charge on any atom is 0.144 e. The smallest absolute Gasteiger partial charge is 0.144 e. The number of pyridine rings is 1. The second-order valence-corrected chi connectivity index (χ2v) is 9.71. The zero-order valence-electron chi connectivity index (χ0n) is 14.8. The molecule has 0 atom stereocenters. The van der Waals surface area contributed by atoms with Gasteiger partial charge < -0.3 is 0 Å². The van der Waals surface area contributed by atoms with Gasteiger partial charge in [0.1, 0.15) is 28.5 Å². The summed E-state index contributed by atoms with van der Waals surface area (Å²) in [5, 5.41) is 5.47. The van der Waals surface area contributed by atoms with E-state index in [1.54, 1.807) is 0 Å². The fraction of sp³-hybridized carbons (Fsp3) is 0.0417. The molecule has 0 N–H and O–H groups in total. The Morgan fingerprint density at radius 3 is 1.38 bits per heavy atom. The molecule has 0 radical (unpaired) electrons. The Kier molecular flexibility index (Phi) is 4.65. The molecule has 0 fully saturated rings. The third kappa shape index (κ3) is 2.75. The van der Waals surface area contributed by atoms with E-state index in [4.69, 9.17) is 0 Å². The third-order valence-electron chi connectivity index (χ3n) is 4.78. The number of aromatic nitrogens is 1. The number of aryl methyl sites for hydroxylation is 1. The van der Waals surface area contributed by atoms with Crippen molar-refractivity contribution in [2.75, 3.05) is 0 Å². The maximum absolute atomic E-state index is 4.36.